The highest BCUT2D eigenvalue weighted by molar-refractivity contribution is 5.58. The lowest BCUT2D eigenvalue weighted by molar-refractivity contribution is 0.227. The SMILES string of the molecule is O/C(=C\C(O)c1ccccc1)c1ccccc1. The number of hydrogen-bond donors (Lipinski definition) is 2. The third kappa shape index (κ3) is 2.95. The van der Waals surface area contributed by atoms with Gasteiger partial charge in [-0.15, -0.1) is 0 Å². The first-order valence-corrected chi connectivity index (χ1v) is 5.46. The van der Waals surface area contributed by atoms with Crippen LogP contribution in [-0.2, 0) is 0 Å². The maximum Gasteiger partial charge on any atom is 0.121 e. The molecule has 0 radical (unpaired) electrons. The normalized spacial score (nSPS) is 13.4. The average molecular weight is 226 g/mol. The number of hydrogen-bond acceptors (Lipinski definition) is 2. The molecule has 0 spiro atoms. The van der Waals surface area contributed by atoms with Crippen LogP contribution in [0.2, 0.25) is 0 Å². The predicted molar refractivity (Wildman–Crippen MR) is 68.4 cm³/mol. The molecule has 1 atom stereocenters. The maximum absolute atomic E-state index is 9.92. The smallest absolute Gasteiger partial charge is 0.121 e. The second-order valence-electron chi connectivity index (χ2n) is 3.77. The van der Waals surface area contributed by atoms with Crippen molar-refractivity contribution in [2.75, 3.05) is 0 Å². The van der Waals surface area contributed by atoms with Crippen molar-refractivity contribution in [3.05, 3.63) is 77.9 Å². The number of rotatable bonds is 3. The molecular weight excluding hydrogens is 212 g/mol. The van der Waals surface area contributed by atoms with Gasteiger partial charge in [-0.3, -0.25) is 0 Å². The Hall–Kier alpha value is -2.06. The van der Waals surface area contributed by atoms with E-state index in [-0.39, 0.29) is 5.76 Å². The molecule has 2 aromatic carbocycles. The second-order valence-corrected chi connectivity index (χ2v) is 3.77. The average Bonchev–Trinajstić information content (AvgIpc) is 2.40. The van der Waals surface area contributed by atoms with Crippen molar-refractivity contribution in [1.82, 2.24) is 0 Å². The van der Waals surface area contributed by atoms with E-state index in [0.717, 1.165) is 5.56 Å². The molecular formula is C15H14O2. The van der Waals surface area contributed by atoms with Crippen molar-refractivity contribution < 1.29 is 10.2 Å². The lowest BCUT2D eigenvalue weighted by atomic mass is 10.1. The summed E-state index contributed by atoms with van der Waals surface area (Å²) in [6.45, 7) is 0. The Bertz CT molecular complexity index is 489. The molecule has 0 bridgehead atoms. The summed E-state index contributed by atoms with van der Waals surface area (Å²) in [5, 5.41) is 19.8. The number of aliphatic hydroxyl groups is 2. The van der Waals surface area contributed by atoms with Crippen LogP contribution in [0.15, 0.2) is 66.7 Å². The fraction of sp³-hybridized carbons (Fsp3) is 0.0667. The van der Waals surface area contributed by atoms with Gasteiger partial charge in [0.2, 0.25) is 0 Å². The van der Waals surface area contributed by atoms with Crippen molar-refractivity contribution in [3.63, 3.8) is 0 Å². The first kappa shape index (κ1) is 11.4. The summed E-state index contributed by atoms with van der Waals surface area (Å²) in [6.07, 6.45) is 0.640. The predicted octanol–water partition coefficient (Wildman–Crippen LogP) is 3.32. The van der Waals surface area contributed by atoms with Crippen molar-refractivity contribution in [2.45, 2.75) is 6.10 Å². The number of aliphatic hydroxyl groups excluding tert-OH is 2. The minimum absolute atomic E-state index is 0.0851. The van der Waals surface area contributed by atoms with E-state index in [0.29, 0.717) is 5.56 Å². The van der Waals surface area contributed by atoms with E-state index in [1.165, 1.54) is 6.08 Å². The molecule has 2 heteroatoms. The van der Waals surface area contributed by atoms with Gasteiger partial charge in [0.05, 0.1) is 0 Å². The molecule has 0 aliphatic heterocycles. The quantitative estimate of drug-likeness (QED) is 0.788. The zero-order chi connectivity index (χ0) is 12.1. The van der Waals surface area contributed by atoms with E-state index >= 15 is 0 Å². The van der Waals surface area contributed by atoms with Crippen LogP contribution in [0.1, 0.15) is 17.2 Å². The molecule has 0 aliphatic carbocycles. The Kier molecular flexibility index (Phi) is 3.58. The minimum Gasteiger partial charge on any atom is -0.508 e. The Morgan fingerprint density at radius 3 is 2.00 bits per heavy atom. The van der Waals surface area contributed by atoms with E-state index in [4.69, 9.17) is 0 Å². The van der Waals surface area contributed by atoms with E-state index in [9.17, 15) is 10.2 Å². The van der Waals surface area contributed by atoms with Crippen LogP contribution in [0.25, 0.3) is 5.76 Å². The van der Waals surface area contributed by atoms with Crippen LogP contribution in [0.4, 0.5) is 0 Å². The monoisotopic (exact) mass is 226 g/mol. The highest BCUT2D eigenvalue weighted by Gasteiger charge is 2.06. The summed E-state index contributed by atoms with van der Waals surface area (Å²) < 4.78 is 0. The fourth-order valence-electron chi connectivity index (χ4n) is 1.60. The second kappa shape index (κ2) is 5.32. The molecule has 0 fully saturated rings. The minimum atomic E-state index is -0.795. The van der Waals surface area contributed by atoms with Crippen LogP contribution in [-0.4, -0.2) is 10.2 Å². The first-order chi connectivity index (χ1) is 8.27. The van der Waals surface area contributed by atoms with Gasteiger partial charge in [0, 0.05) is 5.56 Å². The molecule has 86 valence electrons. The van der Waals surface area contributed by atoms with Gasteiger partial charge in [0.1, 0.15) is 11.9 Å². The van der Waals surface area contributed by atoms with Crippen LogP contribution >= 0.6 is 0 Å². The maximum atomic E-state index is 9.92. The summed E-state index contributed by atoms with van der Waals surface area (Å²) in [7, 11) is 0. The summed E-state index contributed by atoms with van der Waals surface area (Å²) in [5.41, 5.74) is 1.46. The van der Waals surface area contributed by atoms with Gasteiger partial charge in [0.15, 0.2) is 0 Å². The fourth-order valence-corrected chi connectivity index (χ4v) is 1.60. The third-order valence-electron chi connectivity index (χ3n) is 2.53. The van der Waals surface area contributed by atoms with Gasteiger partial charge in [-0.2, -0.15) is 0 Å². The summed E-state index contributed by atoms with van der Waals surface area (Å²) in [6, 6.07) is 18.4. The molecule has 2 N–H and O–H groups in total. The molecule has 0 heterocycles. The standard InChI is InChI=1S/C15H14O2/c16-14(12-7-3-1-4-8-12)11-15(17)13-9-5-2-6-10-13/h1-11,14,16-17H/b15-11-. The molecule has 0 saturated heterocycles. The van der Waals surface area contributed by atoms with Gasteiger partial charge in [-0.1, -0.05) is 60.7 Å². The zero-order valence-electron chi connectivity index (χ0n) is 9.32. The van der Waals surface area contributed by atoms with E-state index in [2.05, 4.69) is 0 Å². The Balaban J connectivity index is 2.20. The van der Waals surface area contributed by atoms with E-state index in [1.54, 1.807) is 12.1 Å². The van der Waals surface area contributed by atoms with Crippen LogP contribution in [0.3, 0.4) is 0 Å². The van der Waals surface area contributed by atoms with Crippen molar-refractivity contribution in [2.24, 2.45) is 0 Å². The molecule has 2 nitrogen and oxygen atoms in total. The summed E-state index contributed by atoms with van der Waals surface area (Å²) in [4.78, 5) is 0. The van der Waals surface area contributed by atoms with E-state index in [1.807, 2.05) is 48.5 Å². The molecule has 17 heavy (non-hydrogen) atoms. The van der Waals surface area contributed by atoms with Gasteiger partial charge in [-0.05, 0) is 11.6 Å². The van der Waals surface area contributed by atoms with Crippen LogP contribution in [0.5, 0.6) is 0 Å². The van der Waals surface area contributed by atoms with Gasteiger partial charge >= 0.3 is 0 Å². The largest absolute Gasteiger partial charge is 0.508 e. The molecule has 0 saturated carbocycles. The van der Waals surface area contributed by atoms with Crippen LogP contribution in [0, 0.1) is 0 Å². The van der Waals surface area contributed by atoms with Gasteiger partial charge < -0.3 is 10.2 Å². The Morgan fingerprint density at radius 1 is 0.882 bits per heavy atom. The van der Waals surface area contributed by atoms with Crippen molar-refractivity contribution in [1.29, 1.82) is 0 Å². The van der Waals surface area contributed by atoms with Crippen molar-refractivity contribution in [3.8, 4) is 0 Å². The molecule has 2 rings (SSSR count). The van der Waals surface area contributed by atoms with E-state index < -0.39 is 6.10 Å². The third-order valence-corrected chi connectivity index (χ3v) is 2.53. The number of benzene rings is 2. The van der Waals surface area contributed by atoms with Crippen LogP contribution < -0.4 is 0 Å². The lowest BCUT2D eigenvalue weighted by Crippen LogP contribution is -1.94. The molecule has 1 unspecified atom stereocenters. The molecule has 0 aromatic heterocycles. The lowest BCUT2D eigenvalue weighted by Gasteiger charge is -2.07. The van der Waals surface area contributed by atoms with Crippen molar-refractivity contribution >= 4 is 5.76 Å². The highest BCUT2D eigenvalue weighted by atomic mass is 16.3. The zero-order valence-corrected chi connectivity index (χ0v) is 9.32. The topological polar surface area (TPSA) is 40.5 Å². The molecule has 0 amide bonds. The summed E-state index contributed by atoms with van der Waals surface area (Å²) >= 11 is 0. The Morgan fingerprint density at radius 2 is 1.41 bits per heavy atom. The first-order valence-electron chi connectivity index (χ1n) is 5.46. The molecule has 2 aromatic rings. The summed E-state index contributed by atoms with van der Waals surface area (Å²) in [5.74, 6) is 0.0851. The Labute approximate surface area is 100 Å². The van der Waals surface area contributed by atoms with Gasteiger partial charge in [0.25, 0.3) is 0 Å². The van der Waals surface area contributed by atoms with Gasteiger partial charge in [-0.25, -0.2) is 0 Å². The highest BCUT2D eigenvalue weighted by Crippen LogP contribution is 2.19. The molecule has 0 aliphatic rings.